The van der Waals surface area contributed by atoms with Crippen molar-refractivity contribution in [2.24, 2.45) is 0 Å². The van der Waals surface area contributed by atoms with E-state index in [1.54, 1.807) is 0 Å². The molecule has 0 bridgehead atoms. The Morgan fingerprint density at radius 3 is 1.18 bits per heavy atom. The SMILES string of the molecule is Clc1ccc(-n2c3ccccc3c3cc4c(cc32)c2ccccc2n4-c2ccc(Cl)cc2)cc1. The molecular weight excluding hydrogens is 459 g/mol. The number of halogens is 2. The summed E-state index contributed by atoms with van der Waals surface area (Å²) in [5, 5.41) is 6.35. The second kappa shape index (κ2) is 7.39. The largest absolute Gasteiger partial charge is 0.309 e. The molecule has 7 aromatic rings. The Bertz CT molecular complexity index is 1720. The van der Waals surface area contributed by atoms with E-state index in [0.717, 1.165) is 21.4 Å². The highest BCUT2D eigenvalue weighted by molar-refractivity contribution is 6.31. The minimum Gasteiger partial charge on any atom is -0.309 e. The lowest BCUT2D eigenvalue weighted by atomic mass is 10.1. The van der Waals surface area contributed by atoms with Crippen molar-refractivity contribution in [3.05, 3.63) is 119 Å². The zero-order valence-electron chi connectivity index (χ0n) is 18.0. The third kappa shape index (κ3) is 2.83. The summed E-state index contributed by atoms with van der Waals surface area (Å²) in [5.74, 6) is 0. The Hall–Kier alpha value is -3.72. The van der Waals surface area contributed by atoms with E-state index in [9.17, 15) is 0 Å². The van der Waals surface area contributed by atoms with Gasteiger partial charge in [0.1, 0.15) is 0 Å². The molecule has 0 aliphatic carbocycles. The molecule has 0 unspecified atom stereocenters. The maximum Gasteiger partial charge on any atom is 0.0548 e. The molecule has 0 amide bonds. The predicted octanol–water partition coefficient (Wildman–Crippen LogP) is 9.19. The summed E-state index contributed by atoms with van der Waals surface area (Å²) in [5.41, 5.74) is 6.89. The first kappa shape index (κ1) is 19.7. The molecule has 2 heterocycles. The van der Waals surface area contributed by atoms with Gasteiger partial charge in [0.25, 0.3) is 0 Å². The number of fused-ring (bicyclic) bond motifs is 6. The minimum atomic E-state index is 0.734. The summed E-state index contributed by atoms with van der Waals surface area (Å²) in [4.78, 5) is 0. The van der Waals surface area contributed by atoms with Crippen LogP contribution in [0.5, 0.6) is 0 Å². The van der Waals surface area contributed by atoms with Gasteiger partial charge in [0, 0.05) is 43.0 Å². The van der Waals surface area contributed by atoms with Crippen LogP contribution in [0.1, 0.15) is 0 Å². The van der Waals surface area contributed by atoms with E-state index in [1.165, 1.54) is 43.6 Å². The Morgan fingerprint density at radius 2 is 0.765 bits per heavy atom. The summed E-state index contributed by atoms with van der Waals surface area (Å²) < 4.78 is 4.66. The zero-order chi connectivity index (χ0) is 22.8. The van der Waals surface area contributed by atoms with Crippen LogP contribution in [0.15, 0.2) is 109 Å². The van der Waals surface area contributed by atoms with Gasteiger partial charge in [-0.15, -0.1) is 0 Å². The fourth-order valence-corrected chi connectivity index (χ4v) is 5.42. The van der Waals surface area contributed by atoms with Crippen LogP contribution in [0.4, 0.5) is 0 Å². The van der Waals surface area contributed by atoms with Crippen molar-refractivity contribution >= 4 is 66.8 Å². The van der Waals surface area contributed by atoms with Crippen LogP contribution in [-0.2, 0) is 0 Å². The van der Waals surface area contributed by atoms with Crippen molar-refractivity contribution in [1.29, 1.82) is 0 Å². The third-order valence-corrected chi connectivity index (χ3v) is 7.14. The number of para-hydroxylation sites is 2. The van der Waals surface area contributed by atoms with Crippen LogP contribution in [0.25, 0.3) is 55.0 Å². The molecule has 2 nitrogen and oxygen atoms in total. The van der Waals surface area contributed by atoms with Gasteiger partial charge < -0.3 is 9.13 Å². The van der Waals surface area contributed by atoms with Crippen LogP contribution >= 0.6 is 23.2 Å². The summed E-state index contributed by atoms with van der Waals surface area (Å²) in [6.45, 7) is 0. The molecular formula is C30H18Cl2N2. The van der Waals surface area contributed by atoms with Crippen molar-refractivity contribution in [2.75, 3.05) is 0 Å². The van der Waals surface area contributed by atoms with Gasteiger partial charge >= 0.3 is 0 Å². The molecule has 2 aromatic heterocycles. The Kier molecular flexibility index (Phi) is 4.29. The van der Waals surface area contributed by atoms with E-state index in [-0.39, 0.29) is 0 Å². The second-order valence-electron chi connectivity index (χ2n) is 8.54. The molecule has 0 fully saturated rings. The molecule has 0 aliphatic heterocycles. The van der Waals surface area contributed by atoms with Crippen LogP contribution in [-0.4, -0.2) is 9.13 Å². The van der Waals surface area contributed by atoms with Crippen LogP contribution in [0.3, 0.4) is 0 Å². The van der Waals surface area contributed by atoms with Gasteiger partial charge in [-0.2, -0.15) is 0 Å². The quantitative estimate of drug-likeness (QED) is 0.235. The molecule has 0 radical (unpaired) electrons. The monoisotopic (exact) mass is 476 g/mol. The number of rotatable bonds is 2. The number of hydrogen-bond acceptors (Lipinski definition) is 0. The van der Waals surface area contributed by atoms with Gasteiger partial charge in [0.2, 0.25) is 0 Å². The lowest BCUT2D eigenvalue weighted by molar-refractivity contribution is 1.17. The number of benzene rings is 5. The van der Waals surface area contributed by atoms with E-state index in [0.29, 0.717) is 0 Å². The molecule has 5 aromatic carbocycles. The molecule has 0 N–H and O–H groups in total. The predicted molar refractivity (Wildman–Crippen MR) is 145 cm³/mol. The number of aromatic nitrogens is 2. The van der Waals surface area contributed by atoms with E-state index >= 15 is 0 Å². The van der Waals surface area contributed by atoms with E-state index in [1.807, 2.05) is 24.3 Å². The summed E-state index contributed by atoms with van der Waals surface area (Å²) in [6.07, 6.45) is 0. The first-order valence-electron chi connectivity index (χ1n) is 11.2. The van der Waals surface area contributed by atoms with Gasteiger partial charge in [0.05, 0.1) is 22.1 Å². The molecule has 34 heavy (non-hydrogen) atoms. The molecule has 0 aliphatic rings. The first-order valence-corrected chi connectivity index (χ1v) is 11.9. The van der Waals surface area contributed by atoms with Crippen molar-refractivity contribution in [3.8, 4) is 11.4 Å². The summed E-state index contributed by atoms with van der Waals surface area (Å²) >= 11 is 12.4. The van der Waals surface area contributed by atoms with E-state index in [4.69, 9.17) is 23.2 Å². The van der Waals surface area contributed by atoms with Crippen molar-refractivity contribution in [2.45, 2.75) is 0 Å². The molecule has 0 atom stereocenters. The van der Waals surface area contributed by atoms with Gasteiger partial charge in [0.15, 0.2) is 0 Å². The molecule has 0 saturated carbocycles. The Labute approximate surface area is 206 Å². The normalized spacial score (nSPS) is 11.8. The van der Waals surface area contributed by atoms with Crippen molar-refractivity contribution in [3.63, 3.8) is 0 Å². The fourth-order valence-electron chi connectivity index (χ4n) is 5.17. The van der Waals surface area contributed by atoms with Gasteiger partial charge in [-0.05, 0) is 72.8 Å². The number of hydrogen-bond donors (Lipinski definition) is 0. The Balaban J connectivity index is 1.66. The fraction of sp³-hybridized carbons (Fsp3) is 0. The van der Waals surface area contributed by atoms with Crippen LogP contribution in [0.2, 0.25) is 10.0 Å². The highest BCUT2D eigenvalue weighted by Crippen LogP contribution is 2.39. The molecule has 0 spiro atoms. The maximum atomic E-state index is 6.20. The lowest BCUT2D eigenvalue weighted by Gasteiger charge is -2.09. The maximum absolute atomic E-state index is 6.20. The first-order chi connectivity index (χ1) is 16.7. The van der Waals surface area contributed by atoms with Crippen molar-refractivity contribution in [1.82, 2.24) is 9.13 Å². The number of nitrogens with zero attached hydrogens (tertiary/aromatic N) is 2. The van der Waals surface area contributed by atoms with Crippen LogP contribution in [0, 0.1) is 0 Å². The van der Waals surface area contributed by atoms with E-state index in [2.05, 4.69) is 94.1 Å². The highest BCUT2D eigenvalue weighted by Gasteiger charge is 2.18. The smallest absolute Gasteiger partial charge is 0.0548 e. The van der Waals surface area contributed by atoms with Gasteiger partial charge in [-0.1, -0.05) is 59.6 Å². The molecule has 4 heteroatoms. The average molecular weight is 477 g/mol. The molecule has 162 valence electrons. The lowest BCUT2D eigenvalue weighted by Crippen LogP contribution is -1.94. The molecule has 7 rings (SSSR count). The van der Waals surface area contributed by atoms with Crippen molar-refractivity contribution < 1.29 is 0 Å². The average Bonchev–Trinajstić information content (AvgIpc) is 3.36. The Morgan fingerprint density at radius 1 is 0.382 bits per heavy atom. The summed E-state index contributed by atoms with van der Waals surface area (Å²) in [6, 6.07) is 37.9. The zero-order valence-corrected chi connectivity index (χ0v) is 19.6. The highest BCUT2D eigenvalue weighted by atomic mass is 35.5. The molecule has 0 saturated heterocycles. The summed E-state index contributed by atoms with van der Waals surface area (Å²) in [7, 11) is 0. The van der Waals surface area contributed by atoms with Gasteiger partial charge in [-0.25, -0.2) is 0 Å². The standard InChI is InChI=1S/C30H18Cl2N2/c31-19-9-13-21(14-10-19)33-27-7-3-1-5-23(27)25-17-30-26(18-29(25)33)24-6-2-4-8-28(24)34(30)22-15-11-20(32)12-16-22/h1-18H. The minimum absolute atomic E-state index is 0.734. The topological polar surface area (TPSA) is 9.86 Å². The third-order valence-electron chi connectivity index (χ3n) is 6.64. The van der Waals surface area contributed by atoms with E-state index < -0.39 is 0 Å². The second-order valence-corrected chi connectivity index (χ2v) is 9.42. The van der Waals surface area contributed by atoms with Gasteiger partial charge in [-0.3, -0.25) is 0 Å². The van der Waals surface area contributed by atoms with Crippen LogP contribution < -0.4 is 0 Å².